The summed E-state index contributed by atoms with van der Waals surface area (Å²) in [7, 11) is 1.57. The highest BCUT2D eigenvalue weighted by Gasteiger charge is 2.34. The van der Waals surface area contributed by atoms with Crippen LogP contribution in [0.4, 0.5) is 5.69 Å². The number of carbonyl (C=O) groups excluding carboxylic acids is 2. The van der Waals surface area contributed by atoms with Gasteiger partial charge in [0, 0.05) is 17.4 Å². The first-order valence-corrected chi connectivity index (χ1v) is 8.86. The van der Waals surface area contributed by atoms with Gasteiger partial charge in [-0.25, -0.2) is 0 Å². The first-order chi connectivity index (χ1) is 12.7. The van der Waals surface area contributed by atoms with Crippen LogP contribution in [0.15, 0.2) is 48.2 Å². The third kappa shape index (κ3) is 3.64. The highest BCUT2D eigenvalue weighted by molar-refractivity contribution is 7.80. The van der Waals surface area contributed by atoms with Gasteiger partial charge in [-0.15, -0.1) is 0 Å². The Labute approximate surface area is 163 Å². The van der Waals surface area contributed by atoms with Crippen LogP contribution in [0.3, 0.4) is 0 Å². The third-order valence-electron chi connectivity index (χ3n) is 4.23. The smallest absolute Gasteiger partial charge is 0.270 e. The van der Waals surface area contributed by atoms with Crippen LogP contribution in [0, 0.1) is 0 Å². The van der Waals surface area contributed by atoms with Gasteiger partial charge in [-0.05, 0) is 75.5 Å². The second kappa shape index (κ2) is 7.00. The van der Waals surface area contributed by atoms with E-state index in [2.05, 4.69) is 26.1 Å². The van der Waals surface area contributed by atoms with Gasteiger partial charge in [-0.3, -0.25) is 19.8 Å². The van der Waals surface area contributed by atoms with Gasteiger partial charge in [0.05, 0.1) is 12.8 Å². The molecule has 0 spiro atoms. The number of amides is 2. The molecule has 0 bridgehead atoms. The third-order valence-corrected chi connectivity index (χ3v) is 4.51. The number of hydrogen-bond donors (Lipinski definition) is 1. The number of methoxy groups -OCH3 is 1. The van der Waals surface area contributed by atoms with Crippen molar-refractivity contribution in [2.75, 3.05) is 12.0 Å². The largest absolute Gasteiger partial charge is 0.497 e. The summed E-state index contributed by atoms with van der Waals surface area (Å²) in [6.45, 7) is 6.16. The van der Waals surface area contributed by atoms with Crippen molar-refractivity contribution in [3.8, 4) is 5.75 Å². The Kier molecular flexibility index (Phi) is 4.89. The Morgan fingerprint density at radius 1 is 1.11 bits per heavy atom. The van der Waals surface area contributed by atoms with Gasteiger partial charge < -0.3 is 9.30 Å². The molecule has 1 aromatic carbocycles. The summed E-state index contributed by atoms with van der Waals surface area (Å²) in [6, 6.07) is 10.6. The number of rotatable bonds is 3. The van der Waals surface area contributed by atoms with Crippen molar-refractivity contribution in [2.24, 2.45) is 0 Å². The van der Waals surface area contributed by atoms with E-state index in [-0.39, 0.29) is 16.2 Å². The number of carbonyl (C=O) groups is 2. The van der Waals surface area contributed by atoms with Crippen LogP contribution >= 0.6 is 12.2 Å². The van der Waals surface area contributed by atoms with E-state index in [1.54, 1.807) is 37.5 Å². The van der Waals surface area contributed by atoms with Crippen molar-refractivity contribution in [2.45, 2.75) is 26.3 Å². The first-order valence-electron chi connectivity index (χ1n) is 8.46. The monoisotopic (exact) mass is 383 g/mol. The topological polar surface area (TPSA) is 63.6 Å². The maximum Gasteiger partial charge on any atom is 0.270 e. The van der Waals surface area contributed by atoms with E-state index in [1.165, 1.54) is 4.90 Å². The van der Waals surface area contributed by atoms with E-state index >= 15 is 0 Å². The van der Waals surface area contributed by atoms with Crippen LogP contribution in [0.5, 0.6) is 5.75 Å². The zero-order valence-corrected chi connectivity index (χ0v) is 16.5. The van der Waals surface area contributed by atoms with Crippen molar-refractivity contribution >= 4 is 40.9 Å². The molecule has 0 unspecified atom stereocenters. The molecule has 140 valence electrons. The Bertz CT molecular complexity index is 936. The number of nitrogens with one attached hydrogen (secondary N) is 1. The quantitative estimate of drug-likeness (QED) is 0.503. The molecule has 2 amide bonds. The second-order valence-electron chi connectivity index (χ2n) is 7.13. The number of hydrogen-bond acceptors (Lipinski definition) is 4. The lowest BCUT2D eigenvalue weighted by Gasteiger charge is -2.29. The van der Waals surface area contributed by atoms with E-state index in [0.29, 0.717) is 11.4 Å². The maximum absolute atomic E-state index is 13.1. The summed E-state index contributed by atoms with van der Waals surface area (Å²) >= 11 is 5.22. The summed E-state index contributed by atoms with van der Waals surface area (Å²) in [5, 5.41) is 2.65. The van der Waals surface area contributed by atoms with Gasteiger partial charge in [-0.1, -0.05) is 0 Å². The SMILES string of the molecule is COc1ccc(N2C(=O)/C(=C/c3cccn3C(C)(C)C)C(=O)NC2=S)cc1. The Morgan fingerprint density at radius 3 is 2.37 bits per heavy atom. The molecule has 1 aliphatic rings. The minimum absolute atomic E-state index is 0.0311. The summed E-state index contributed by atoms with van der Waals surface area (Å²) in [5.41, 5.74) is 1.17. The molecule has 1 aliphatic heterocycles. The molecule has 1 N–H and O–H groups in total. The molecule has 27 heavy (non-hydrogen) atoms. The van der Waals surface area contributed by atoms with E-state index in [9.17, 15) is 9.59 Å². The van der Waals surface area contributed by atoms with Crippen LogP contribution in [-0.2, 0) is 15.1 Å². The molecule has 0 aliphatic carbocycles. The van der Waals surface area contributed by atoms with Crippen LogP contribution in [0.1, 0.15) is 26.5 Å². The normalized spacial score (nSPS) is 16.7. The molecule has 2 heterocycles. The summed E-state index contributed by atoms with van der Waals surface area (Å²) in [6.07, 6.45) is 3.52. The van der Waals surface area contributed by atoms with Crippen molar-refractivity contribution in [3.63, 3.8) is 0 Å². The number of thiocarbonyl (C=S) groups is 1. The van der Waals surface area contributed by atoms with E-state index in [0.717, 1.165) is 5.69 Å². The van der Waals surface area contributed by atoms with Gasteiger partial charge in [0.1, 0.15) is 11.3 Å². The predicted molar refractivity (Wildman–Crippen MR) is 109 cm³/mol. The lowest BCUT2D eigenvalue weighted by molar-refractivity contribution is -0.122. The van der Waals surface area contributed by atoms with E-state index in [4.69, 9.17) is 17.0 Å². The first kappa shape index (κ1) is 18.8. The number of aromatic nitrogens is 1. The number of benzene rings is 1. The van der Waals surface area contributed by atoms with Gasteiger partial charge in [-0.2, -0.15) is 0 Å². The van der Waals surface area contributed by atoms with Gasteiger partial charge in [0.2, 0.25) is 0 Å². The molecule has 0 saturated carbocycles. The molecule has 3 rings (SSSR count). The van der Waals surface area contributed by atoms with Crippen molar-refractivity contribution in [1.29, 1.82) is 0 Å². The zero-order chi connectivity index (χ0) is 19.8. The molecule has 1 aromatic heterocycles. The highest BCUT2D eigenvalue weighted by Crippen LogP contribution is 2.25. The predicted octanol–water partition coefficient (Wildman–Crippen LogP) is 3.08. The van der Waals surface area contributed by atoms with Gasteiger partial charge >= 0.3 is 0 Å². The number of nitrogens with zero attached hydrogens (tertiary/aromatic N) is 2. The Morgan fingerprint density at radius 2 is 1.78 bits per heavy atom. The standard InChI is InChI=1S/C20H21N3O3S/c1-20(2,3)22-11-5-6-14(22)12-16-17(24)21-19(27)23(18(16)25)13-7-9-15(26-4)10-8-13/h5-12H,1-4H3,(H,21,24,27)/b16-12+. The van der Waals surface area contributed by atoms with Crippen molar-refractivity contribution in [3.05, 3.63) is 53.9 Å². The fourth-order valence-electron chi connectivity index (χ4n) is 2.89. The molecular weight excluding hydrogens is 362 g/mol. The average Bonchev–Trinajstić information content (AvgIpc) is 3.08. The zero-order valence-electron chi connectivity index (χ0n) is 15.6. The summed E-state index contributed by atoms with van der Waals surface area (Å²) < 4.78 is 7.15. The molecule has 6 nitrogen and oxygen atoms in total. The highest BCUT2D eigenvalue weighted by atomic mass is 32.1. The fraction of sp³-hybridized carbons (Fsp3) is 0.250. The Hall–Kier alpha value is -2.93. The van der Waals surface area contributed by atoms with E-state index < -0.39 is 11.8 Å². The minimum Gasteiger partial charge on any atom is -0.497 e. The molecule has 1 saturated heterocycles. The molecular formula is C20H21N3O3S. The fourth-order valence-corrected chi connectivity index (χ4v) is 3.17. The second-order valence-corrected chi connectivity index (χ2v) is 7.52. The summed E-state index contributed by atoms with van der Waals surface area (Å²) in [4.78, 5) is 26.8. The number of anilines is 1. The van der Waals surface area contributed by atoms with Crippen LogP contribution in [0.25, 0.3) is 6.08 Å². The lowest BCUT2D eigenvalue weighted by Crippen LogP contribution is -2.54. The Balaban J connectivity index is 2.01. The molecule has 0 radical (unpaired) electrons. The maximum atomic E-state index is 13.1. The van der Waals surface area contributed by atoms with Gasteiger partial charge in [0.15, 0.2) is 5.11 Å². The van der Waals surface area contributed by atoms with E-state index in [1.807, 2.05) is 22.9 Å². The molecule has 1 fully saturated rings. The van der Waals surface area contributed by atoms with Crippen LogP contribution in [-0.4, -0.2) is 28.6 Å². The van der Waals surface area contributed by atoms with Crippen LogP contribution in [0.2, 0.25) is 0 Å². The van der Waals surface area contributed by atoms with Crippen molar-refractivity contribution in [1.82, 2.24) is 9.88 Å². The van der Waals surface area contributed by atoms with Crippen molar-refractivity contribution < 1.29 is 14.3 Å². The van der Waals surface area contributed by atoms with Crippen LogP contribution < -0.4 is 15.0 Å². The summed E-state index contributed by atoms with van der Waals surface area (Å²) in [5.74, 6) is -0.302. The lowest BCUT2D eigenvalue weighted by atomic mass is 10.1. The molecule has 2 aromatic rings. The molecule has 7 heteroatoms. The minimum atomic E-state index is -0.503. The molecule has 0 atom stereocenters. The number of ether oxygens (including phenoxy) is 1. The average molecular weight is 383 g/mol. The van der Waals surface area contributed by atoms with Gasteiger partial charge in [0.25, 0.3) is 11.8 Å².